The van der Waals surface area contributed by atoms with Gasteiger partial charge in [0.05, 0.1) is 12.3 Å². The summed E-state index contributed by atoms with van der Waals surface area (Å²) in [6.07, 6.45) is 4.96. The average Bonchev–Trinajstić information content (AvgIpc) is 3.12. The molecular formula is C15H19N3O. The summed E-state index contributed by atoms with van der Waals surface area (Å²) in [7, 11) is 0. The molecule has 19 heavy (non-hydrogen) atoms. The first-order chi connectivity index (χ1) is 9.43. The van der Waals surface area contributed by atoms with Gasteiger partial charge in [-0.25, -0.2) is 4.68 Å². The van der Waals surface area contributed by atoms with Crippen LogP contribution in [0.4, 0.5) is 0 Å². The molecule has 1 saturated heterocycles. The predicted octanol–water partition coefficient (Wildman–Crippen LogP) is 2.00. The molecular weight excluding hydrogens is 238 g/mol. The number of ether oxygens (including phenoxy) is 1. The van der Waals surface area contributed by atoms with Crippen molar-refractivity contribution in [3.8, 4) is 5.69 Å². The summed E-state index contributed by atoms with van der Waals surface area (Å²) in [4.78, 5) is 0. The van der Waals surface area contributed by atoms with Crippen LogP contribution in [0.5, 0.6) is 0 Å². The van der Waals surface area contributed by atoms with Crippen molar-refractivity contribution in [1.82, 2.24) is 15.1 Å². The quantitative estimate of drug-likeness (QED) is 0.890. The van der Waals surface area contributed by atoms with Crippen molar-refractivity contribution >= 4 is 0 Å². The largest absolute Gasteiger partial charge is 0.381 e. The van der Waals surface area contributed by atoms with Gasteiger partial charge in [0.1, 0.15) is 0 Å². The van der Waals surface area contributed by atoms with Crippen LogP contribution in [0.15, 0.2) is 42.7 Å². The van der Waals surface area contributed by atoms with Crippen molar-refractivity contribution in [2.24, 2.45) is 5.92 Å². The summed E-state index contributed by atoms with van der Waals surface area (Å²) in [6.45, 7) is 3.70. The molecule has 4 heteroatoms. The van der Waals surface area contributed by atoms with Crippen LogP contribution in [0, 0.1) is 5.92 Å². The topological polar surface area (TPSA) is 39.1 Å². The van der Waals surface area contributed by atoms with Crippen molar-refractivity contribution < 1.29 is 4.74 Å². The SMILES string of the molecule is c1ccc(-n2cccn2)c(CNCC2CCOC2)c1. The molecule has 1 unspecified atom stereocenters. The first kappa shape index (κ1) is 12.4. The second-order valence-electron chi connectivity index (χ2n) is 4.94. The number of nitrogens with one attached hydrogen (secondary N) is 1. The van der Waals surface area contributed by atoms with Crippen molar-refractivity contribution in [3.63, 3.8) is 0 Å². The minimum Gasteiger partial charge on any atom is -0.381 e. The van der Waals surface area contributed by atoms with Gasteiger partial charge in [0.15, 0.2) is 0 Å². The van der Waals surface area contributed by atoms with E-state index in [0.29, 0.717) is 5.92 Å². The molecule has 1 fully saturated rings. The van der Waals surface area contributed by atoms with E-state index in [-0.39, 0.29) is 0 Å². The molecule has 2 heterocycles. The normalized spacial score (nSPS) is 18.8. The lowest BCUT2D eigenvalue weighted by molar-refractivity contribution is 0.185. The number of aromatic nitrogens is 2. The number of nitrogens with zero attached hydrogens (tertiary/aromatic N) is 2. The first-order valence-electron chi connectivity index (χ1n) is 6.80. The fourth-order valence-corrected chi connectivity index (χ4v) is 2.45. The molecule has 0 radical (unpaired) electrons. The fourth-order valence-electron chi connectivity index (χ4n) is 2.45. The lowest BCUT2D eigenvalue weighted by Gasteiger charge is -2.12. The van der Waals surface area contributed by atoms with Gasteiger partial charge in [-0.05, 0) is 30.0 Å². The van der Waals surface area contributed by atoms with Gasteiger partial charge in [-0.2, -0.15) is 5.10 Å². The van der Waals surface area contributed by atoms with E-state index in [1.807, 2.05) is 23.0 Å². The molecule has 1 N–H and O–H groups in total. The third kappa shape index (κ3) is 3.03. The zero-order valence-electron chi connectivity index (χ0n) is 11.0. The lowest BCUT2D eigenvalue weighted by atomic mass is 10.1. The molecule has 0 saturated carbocycles. The summed E-state index contributed by atoms with van der Waals surface area (Å²) in [5.74, 6) is 0.664. The molecule has 1 aliphatic rings. The van der Waals surface area contributed by atoms with Crippen LogP contribution in [0.1, 0.15) is 12.0 Å². The molecule has 1 atom stereocenters. The van der Waals surface area contributed by atoms with Gasteiger partial charge in [-0.1, -0.05) is 18.2 Å². The highest BCUT2D eigenvalue weighted by Crippen LogP contribution is 2.14. The van der Waals surface area contributed by atoms with Gasteiger partial charge in [-0.15, -0.1) is 0 Å². The van der Waals surface area contributed by atoms with Crippen LogP contribution in [-0.4, -0.2) is 29.5 Å². The minimum atomic E-state index is 0.664. The molecule has 1 aromatic carbocycles. The van der Waals surface area contributed by atoms with E-state index in [1.165, 1.54) is 12.0 Å². The van der Waals surface area contributed by atoms with E-state index in [1.54, 1.807) is 6.20 Å². The van der Waals surface area contributed by atoms with Crippen LogP contribution in [0.3, 0.4) is 0 Å². The summed E-state index contributed by atoms with van der Waals surface area (Å²) in [5.41, 5.74) is 2.41. The van der Waals surface area contributed by atoms with E-state index in [4.69, 9.17) is 4.74 Å². The Balaban J connectivity index is 1.64. The van der Waals surface area contributed by atoms with Crippen LogP contribution in [0.2, 0.25) is 0 Å². The van der Waals surface area contributed by atoms with Crippen molar-refractivity contribution in [2.75, 3.05) is 19.8 Å². The highest BCUT2D eigenvalue weighted by Gasteiger charge is 2.15. The van der Waals surface area contributed by atoms with Crippen LogP contribution in [-0.2, 0) is 11.3 Å². The van der Waals surface area contributed by atoms with E-state index in [9.17, 15) is 0 Å². The zero-order valence-corrected chi connectivity index (χ0v) is 11.0. The van der Waals surface area contributed by atoms with Crippen LogP contribution >= 0.6 is 0 Å². The third-order valence-corrected chi connectivity index (χ3v) is 3.52. The molecule has 4 nitrogen and oxygen atoms in total. The highest BCUT2D eigenvalue weighted by molar-refractivity contribution is 5.40. The Morgan fingerprint density at radius 3 is 3.05 bits per heavy atom. The van der Waals surface area contributed by atoms with E-state index in [0.717, 1.165) is 32.0 Å². The Hall–Kier alpha value is -1.65. The summed E-state index contributed by atoms with van der Waals surface area (Å²) < 4.78 is 7.30. The maximum Gasteiger partial charge on any atom is 0.0690 e. The van der Waals surface area contributed by atoms with Gasteiger partial charge in [0.2, 0.25) is 0 Å². The van der Waals surface area contributed by atoms with Gasteiger partial charge >= 0.3 is 0 Å². The number of hydrogen-bond donors (Lipinski definition) is 1. The van der Waals surface area contributed by atoms with Gasteiger partial charge in [-0.3, -0.25) is 0 Å². The lowest BCUT2D eigenvalue weighted by Crippen LogP contribution is -2.23. The predicted molar refractivity (Wildman–Crippen MR) is 74.2 cm³/mol. The molecule has 0 spiro atoms. The average molecular weight is 257 g/mol. The molecule has 1 aliphatic heterocycles. The molecule has 3 rings (SSSR count). The monoisotopic (exact) mass is 257 g/mol. The molecule has 0 bridgehead atoms. The maximum absolute atomic E-state index is 5.39. The first-order valence-corrected chi connectivity index (χ1v) is 6.80. The maximum atomic E-state index is 5.39. The van der Waals surface area contributed by atoms with Gasteiger partial charge in [0.25, 0.3) is 0 Å². The fraction of sp³-hybridized carbons (Fsp3) is 0.400. The van der Waals surface area contributed by atoms with Crippen molar-refractivity contribution in [1.29, 1.82) is 0 Å². The summed E-state index contributed by atoms with van der Waals surface area (Å²) in [5, 5.41) is 7.83. The minimum absolute atomic E-state index is 0.664. The number of rotatable bonds is 5. The molecule has 0 aliphatic carbocycles. The van der Waals surface area contributed by atoms with Crippen molar-refractivity contribution in [2.45, 2.75) is 13.0 Å². The highest BCUT2D eigenvalue weighted by atomic mass is 16.5. The zero-order chi connectivity index (χ0) is 12.9. The molecule has 100 valence electrons. The number of para-hydroxylation sites is 1. The van der Waals surface area contributed by atoms with E-state index < -0.39 is 0 Å². The van der Waals surface area contributed by atoms with Crippen LogP contribution in [0.25, 0.3) is 5.69 Å². The van der Waals surface area contributed by atoms with E-state index >= 15 is 0 Å². The molecule has 1 aromatic heterocycles. The Labute approximate surface area is 113 Å². The summed E-state index contributed by atoms with van der Waals surface area (Å²) in [6, 6.07) is 10.3. The van der Waals surface area contributed by atoms with Gasteiger partial charge < -0.3 is 10.1 Å². The third-order valence-electron chi connectivity index (χ3n) is 3.52. The summed E-state index contributed by atoms with van der Waals surface area (Å²) >= 11 is 0. The second-order valence-corrected chi connectivity index (χ2v) is 4.94. The molecule has 2 aromatic rings. The van der Waals surface area contributed by atoms with Crippen LogP contribution < -0.4 is 5.32 Å². The number of benzene rings is 1. The van der Waals surface area contributed by atoms with E-state index in [2.05, 4.69) is 28.6 Å². The van der Waals surface area contributed by atoms with Gasteiger partial charge in [0, 0.05) is 32.1 Å². The second kappa shape index (κ2) is 5.99. The van der Waals surface area contributed by atoms with Crippen molar-refractivity contribution in [3.05, 3.63) is 48.3 Å². The standard InChI is InChI=1S/C15H19N3O/c1-2-5-15(18-8-3-7-17-18)14(4-1)11-16-10-13-6-9-19-12-13/h1-5,7-8,13,16H,6,9-12H2. The molecule has 0 amide bonds. The Kier molecular flexibility index (Phi) is 3.91. The number of hydrogen-bond acceptors (Lipinski definition) is 3. The Morgan fingerprint density at radius 1 is 1.32 bits per heavy atom. The Bertz CT molecular complexity index is 504. The Morgan fingerprint density at radius 2 is 2.26 bits per heavy atom. The smallest absolute Gasteiger partial charge is 0.0690 e.